The highest BCUT2D eigenvalue weighted by molar-refractivity contribution is 5.89. The van der Waals surface area contributed by atoms with Crippen molar-refractivity contribution in [2.24, 2.45) is 0 Å². The van der Waals surface area contributed by atoms with Crippen LogP contribution in [-0.4, -0.2) is 20.5 Å². The molecule has 5 nitrogen and oxygen atoms in total. The van der Waals surface area contributed by atoms with Crippen LogP contribution in [0, 0.1) is 6.92 Å². The molecule has 0 aromatic carbocycles. The Hall–Kier alpha value is -2.82. The molecule has 3 aromatic heterocycles. The summed E-state index contributed by atoms with van der Waals surface area (Å²) < 4.78 is 7.30. The molecule has 0 saturated carbocycles. The third-order valence-electron chi connectivity index (χ3n) is 3.25. The highest BCUT2D eigenvalue weighted by Crippen LogP contribution is 2.21. The van der Waals surface area contributed by atoms with Gasteiger partial charge in [-0.2, -0.15) is 0 Å². The minimum absolute atomic E-state index is 0.258. The predicted molar refractivity (Wildman–Crippen MR) is 77.7 cm³/mol. The highest BCUT2D eigenvalue weighted by atomic mass is 16.5. The molecular formula is C16H14N2O3. The number of aryl methyl sites for hydroxylation is 1. The van der Waals surface area contributed by atoms with Gasteiger partial charge in [-0.05, 0) is 42.8 Å². The Morgan fingerprint density at radius 1 is 1.33 bits per heavy atom. The largest absolute Gasteiger partial charge is 0.486 e. The summed E-state index contributed by atoms with van der Waals surface area (Å²) >= 11 is 0. The van der Waals surface area contributed by atoms with Gasteiger partial charge in [-0.15, -0.1) is 0 Å². The molecule has 1 N–H and O–H groups in total. The first kappa shape index (κ1) is 13.2. The summed E-state index contributed by atoms with van der Waals surface area (Å²) in [4.78, 5) is 15.5. The molecule has 3 rings (SSSR count). The number of carboxylic acids is 1. The zero-order valence-corrected chi connectivity index (χ0v) is 11.5. The van der Waals surface area contributed by atoms with Gasteiger partial charge in [-0.3, -0.25) is 4.98 Å². The molecule has 3 heterocycles. The average Bonchev–Trinajstić information content (AvgIpc) is 2.81. The van der Waals surface area contributed by atoms with Gasteiger partial charge in [-0.25, -0.2) is 4.79 Å². The second-order valence-electron chi connectivity index (χ2n) is 4.75. The SMILES string of the molecule is Cc1cc2ccc(OCc3ccccn3)cn2c1C(=O)O. The number of carbonyl (C=O) groups is 1. The van der Waals surface area contributed by atoms with E-state index in [4.69, 9.17) is 4.74 Å². The molecule has 0 atom stereocenters. The minimum Gasteiger partial charge on any atom is -0.486 e. The molecule has 21 heavy (non-hydrogen) atoms. The van der Waals surface area contributed by atoms with Crippen molar-refractivity contribution in [1.82, 2.24) is 9.38 Å². The number of aromatic nitrogens is 2. The molecule has 0 bridgehead atoms. The number of hydrogen-bond donors (Lipinski definition) is 1. The highest BCUT2D eigenvalue weighted by Gasteiger charge is 2.14. The van der Waals surface area contributed by atoms with Gasteiger partial charge in [0.25, 0.3) is 0 Å². The van der Waals surface area contributed by atoms with Crippen molar-refractivity contribution in [3.8, 4) is 5.75 Å². The lowest BCUT2D eigenvalue weighted by molar-refractivity contribution is 0.0688. The smallest absolute Gasteiger partial charge is 0.353 e. The summed E-state index contributed by atoms with van der Waals surface area (Å²) in [6.45, 7) is 2.12. The summed E-state index contributed by atoms with van der Waals surface area (Å²) in [6.07, 6.45) is 3.40. The molecule has 3 aromatic rings. The van der Waals surface area contributed by atoms with Crippen LogP contribution in [0.1, 0.15) is 21.7 Å². The maximum Gasteiger partial charge on any atom is 0.353 e. The molecule has 0 spiro atoms. The first-order valence-electron chi connectivity index (χ1n) is 6.53. The minimum atomic E-state index is -0.950. The van der Waals surface area contributed by atoms with E-state index in [0.29, 0.717) is 12.4 Å². The Morgan fingerprint density at radius 3 is 2.90 bits per heavy atom. The molecule has 0 amide bonds. The van der Waals surface area contributed by atoms with Crippen molar-refractivity contribution in [2.75, 3.05) is 0 Å². The molecular weight excluding hydrogens is 268 g/mol. The van der Waals surface area contributed by atoms with Crippen LogP contribution in [0.4, 0.5) is 0 Å². The van der Waals surface area contributed by atoms with E-state index in [9.17, 15) is 9.90 Å². The first-order valence-corrected chi connectivity index (χ1v) is 6.53. The first-order chi connectivity index (χ1) is 10.1. The van der Waals surface area contributed by atoms with Crippen LogP contribution in [0.15, 0.2) is 48.8 Å². The standard InChI is InChI=1S/C16H14N2O3/c1-11-8-13-5-6-14(9-18(13)15(11)16(19)20)21-10-12-4-2-3-7-17-12/h2-9H,10H2,1H3,(H,19,20). The summed E-state index contributed by atoms with van der Waals surface area (Å²) in [5, 5.41) is 9.28. The van der Waals surface area contributed by atoms with Crippen LogP contribution >= 0.6 is 0 Å². The summed E-state index contributed by atoms with van der Waals surface area (Å²) in [7, 11) is 0. The third-order valence-corrected chi connectivity index (χ3v) is 3.25. The van der Waals surface area contributed by atoms with Crippen molar-refractivity contribution >= 4 is 11.5 Å². The van der Waals surface area contributed by atoms with E-state index in [1.165, 1.54) is 0 Å². The zero-order chi connectivity index (χ0) is 14.8. The van der Waals surface area contributed by atoms with Gasteiger partial charge in [0.1, 0.15) is 18.1 Å². The van der Waals surface area contributed by atoms with Gasteiger partial charge in [0.05, 0.1) is 11.9 Å². The van der Waals surface area contributed by atoms with Crippen LogP contribution < -0.4 is 4.74 Å². The van der Waals surface area contributed by atoms with E-state index in [2.05, 4.69) is 4.98 Å². The Morgan fingerprint density at radius 2 is 2.19 bits per heavy atom. The number of nitrogens with zero attached hydrogens (tertiary/aromatic N) is 2. The number of fused-ring (bicyclic) bond motifs is 1. The molecule has 0 fully saturated rings. The van der Waals surface area contributed by atoms with E-state index >= 15 is 0 Å². The fraction of sp³-hybridized carbons (Fsp3) is 0.125. The number of hydrogen-bond acceptors (Lipinski definition) is 3. The number of ether oxygens (including phenoxy) is 1. The Kier molecular flexibility index (Phi) is 3.31. The van der Waals surface area contributed by atoms with Gasteiger partial charge in [-0.1, -0.05) is 6.07 Å². The monoisotopic (exact) mass is 282 g/mol. The Bertz CT molecular complexity index is 794. The topological polar surface area (TPSA) is 63.8 Å². The molecule has 0 radical (unpaired) electrons. The lowest BCUT2D eigenvalue weighted by atomic mass is 10.3. The average molecular weight is 282 g/mol. The van der Waals surface area contributed by atoms with Gasteiger partial charge in [0.15, 0.2) is 0 Å². The summed E-state index contributed by atoms with van der Waals surface area (Å²) in [5.74, 6) is -0.347. The number of carboxylic acid groups (broad SMARTS) is 1. The van der Waals surface area contributed by atoms with E-state index < -0.39 is 5.97 Å². The van der Waals surface area contributed by atoms with Crippen molar-refractivity contribution in [2.45, 2.75) is 13.5 Å². The van der Waals surface area contributed by atoms with E-state index in [1.807, 2.05) is 36.4 Å². The molecule has 0 aliphatic heterocycles. The maximum absolute atomic E-state index is 11.3. The molecule has 106 valence electrons. The quantitative estimate of drug-likeness (QED) is 0.799. The molecule has 0 aliphatic rings. The van der Waals surface area contributed by atoms with E-state index in [0.717, 1.165) is 16.8 Å². The molecule has 0 aliphatic carbocycles. The molecule has 0 unspecified atom stereocenters. The number of pyridine rings is 2. The zero-order valence-electron chi connectivity index (χ0n) is 11.5. The number of rotatable bonds is 4. The van der Waals surface area contributed by atoms with Crippen molar-refractivity contribution < 1.29 is 14.6 Å². The van der Waals surface area contributed by atoms with Crippen LogP contribution in [-0.2, 0) is 6.61 Å². The van der Waals surface area contributed by atoms with Gasteiger partial charge in [0, 0.05) is 11.7 Å². The lowest BCUT2D eigenvalue weighted by Gasteiger charge is -2.07. The third kappa shape index (κ3) is 2.58. The number of aromatic carboxylic acids is 1. The normalized spacial score (nSPS) is 10.7. The fourth-order valence-corrected chi connectivity index (χ4v) is 2.28. The van der Waals surface area contributed by atoms with Crippen molar-refractivity contribution in [1.29, 1.82) is 0 Å². The van der Waals surface area contributed by atoms with Crippen LogP contribution in [0.5, 0.6) is 5.75 Å². The van der Waals surface area contributed by atoms with Gasteiger partial charge in [0.2, 0.25) is 0 Å². The second-order valence-corrected chi connectivity index (χ2v) is 4.75. The summed E-state index contributed by atoms with van der Waals surface area (Å²) in [6, 6.07) is 11.1. The van der Waals surface area contributed by atoms with Crippen LogP contribution in [0.25, 0.3) is 5.52 Å². The van der Waals surface area contributed by atoms with E-state index in [1.54, 1.807) is 23.7 Å². The molecule has 5 heteroatoms. The summed E-state index contributed by atoms with van der Waals surface area (Å²) in [5.41, 5.74) is 2.63. The Balaban J connectivity index is 1.90. The van der Waals surface area contributed by atoms with Crippen molar-refractivity contribution in [3.05, 3.63) is 65.7 Å². The maximum atomic E-state index is 11.3. The predicted octanol–water partition coefficient (Wildman–Crippen LogP) is 2.92. The van der Waals surface area contributed by atoms with Gasteiger partial charge >= 0.3 is 5.97 Å². The van der Waals surface area contributed by atoms with Gasteiger partial charge < -0.3 is 14.2 Å². The van der Waals surface area contributed by atoms with Crippen LogP contribution in [0.3, 0.4) is 0 Å². The van der Waals surface area contributed by atoms with E-state index in [-0.39, 0.29) is 5.69 Å². The Labute approximate surface area is 121 Å². The fourth-order valence-electron chi connectivity index (χ4n) is 2.28. The van der Waals surface area contributed by atoms with Crippen LogP contribution in [0.2, 0.25) is 0 Å². The van der Waals surface area contributed by atoms with Crippen molar-refractivity contribution in [3.63, 3.8) is 0 Å². The second kappa shape index (κ2) is 5.28. The molecule has 0 saturated heterocycles. The lowest BCUT2D eigenvalue weighted by Crippen LogP contribution is -2.04.